The summed E-state index contributed by atoms with van der Waals surface area (Å²) in [5, 5.41) is 22.8. The van der Waals surface area contributed by atoms with E-state index >= 15 is 0 Å². The van der Waals surface area contributed by atoms with Crippen LogP contribution in [-0.2, 0) is 4.79 Å². The fourth-order valence-electron chi connectivity index (χ4n) is 3.09. The zero-order chi connectivity index (χ0) is 20.9. The number of nitrogens with zero attached hydrogens (tertiary/aromatic N) is 1. The first-order valence-corrected chi connectivity index (χ1v) is 9.44. The standard InChI is InChI=1S/C24H19ClN2O2/c1-24(29)14-6-5-9-21(24)20(13-10-17-7-3-2-4-8-17)23(28)27-19-12-11-18(16-26)22(25)15-19/h2-9,11-12,14-15,20-21,29H,1H3,(H,27,28). The molecule has 0 spiro atoms. The quantitative estimate of drug-likeness (QED) is 0.751. The SMILES string of the molecule is CC1(O)C=CC=CC1C(C#Cc1ccccc1)C(=O)Nc1ccc(C#N)c(Cl)c1. The van der Waals surface area contributed by atoms with Crippen molar-refractivity contribution in [1.29, 1.82) is 5.26 Å². The molecule has 144 valence electrons. The molecule has 0 aromatic heterocycles. The zero-order valence-corrected chi connectivity index (χ0v) is 16.5. The minimum Gasteiger partial charge on any atom is -0.385 e. The molecule has 0 radical (unpaired) electrons. The molecule has 4 nitrogen and oxygen atoms in total. The van der Waals surface area contributed by atoms with Crippen molar-refractivity contribution in [2.45, 2.75) is 12.5 Å². The molecule has 0 bridgehead atoms. The van der Waals surface area contributed by atoms with E-state index < -0.39 is 17.4 Å². The monoisotopic (exact) mass is 402 g/mol. The number of nitriles is 1. The number of hydrogen-bond acceptors (Lipinski definition) is 3. The Kier molecular flexibility index (Phi) is 6.20. The lowest BCUT2D eigenvalue weighted by atomic mass is 9.76. The van der Waals surface area contributed by atoms with Gasteiger partial charge in [0.2, 0.25) is 5.91 Å². The van der Waals surface area contributed by atoms with E-state index in [1.807, 2.05) is 36.4 Å². The summed E-state index contributed by atoms with van der Waals surface area (Å²) in [4.78, 5) is 13.1. The Bertz CT molecular complexity index is 1070. The van der Waals surface area contributed by atoms with Crippen LogP contribution in [0.1, 0.15) is 18.1 Å². The number of hydrogen-bond donors (Lipinski definition) is 2. The van der Waals surface area contributed by atoms with Gasteiger partial charge in [0.1, 0.15) is 12.0 Å². The Hall–Kier alpha value is -3.31. The van der Waals surface area contributed by atoms with E-state index in [1.165, 1.54) is 6.07 Å². The van der Waals surface area contributed by atoms with Gasteiger partial charge < -0.3 is 10.4 Å². The molecular formula is C24H19ClN2O2. The number of allylic oxidation sites excluding steroid dienone is 2. The van der Waals surface area contributed by atoms with Crippen molar-refractivity contribution >= 4 is 23.2 Å². The first-order chi connectivity index (χ1) is 13.9. The lowest BCUT2D eigenvalue weighted by Gasteiger charge is -2.33. The summed E-state index contributed by atoms with van der Waals surface area (Å²) in [7, 11) is 0. The average Bonchev–Trinajstić information content (AvgIpc) is 2.70. The predicted molar refractivity (Wildman–Crippen MR) is 114 cm³/mol. The molecule has 29 heavy (non-hydrogen) atoms. The topological polar surface area (TPSA) is 73.1 Å². The van der Waals surface area contributed by atoms with Gasteiger partial charge in [0.15, 0.2) is 0 Å². The molecule has 2 aromatic rings. The number of benzene rings is 2. The Morgan fingerprint density at radius 1 is 1.24 bits per heavy atom. The van der Waals surface area contributed by atoms with E-state index in [4.69, 9.17) is 16.9 Å². The normalized spacial score (nSPS) is 20.8. The van der Waals surface area contributed by atoms with Crippen LogP contribution in [0.15, 0.2) is 72.8 Å². The highest BCUT2D eigenvalue weighted by atomic mass is 35.5. The summed E-state index contributed by atoms with van der Waals surface area (Å²) in [6, 6.07) is 16.0. The first kappa shape index (κ1) is 20.4. The summed E-state index contributed by atoms with van der Waals surface area (Å²) in [5.74, 6) is 4.36. The number of carbonyl (C=O) groups is 1. The van der Waals surface area contributed by atoms with Crippen LogP contribution < -0.4 is 5.32 Å². The zero-order valence-electron chi connectivity index (χ0n) is 15.8. The number of anilines is 1. The first-order valence-electron chi connectivity index (χ1n) is 9.06. The number of aliphatic hydroxyl groups is 1. The maximum absolute atomic E-state index is 13.1. The lowest BCUT2D eigenvalue weighted by molar-refractivity contribution is -0.121. The number of rotatable bonds is 3. The van der Waals surface area contributed by atoms with Crippen LogP contribution in [0.2, 0.25) is 5.02 Å². The molecule has 0 heterocycles. The number of carbonyl (C=O) groups excluding carboxylic acids is 1. The summed E-state index contributed by atoms with van der Waals surface area (Å²) >= 11 is 6.07. The van der Waals surface area contributed by atoms with Gasteiger partial charge in [-0.05, 0) is 37.3 Å². The minimum absolute atomic E-state index is 0.254. The third-order valence-electron chi connectivity index (χ3n) is 4.68. The van der Waals surface area contributed by atoms with Crippen LogP contribution in [0.4, 0.5) is 5.69 Å². The van der Waals surface area contributed by atoms with Crippen molar-refractivity contribution in [3.8, 4) is 17.9 Å². The molecule has 0 aliphatic heterocycles. The molecule has 1 aliphatic carbocycles. The van der Waals surface area contributed by atoms with Gasteiger partial charge in [0, 0.05) is 17.2 Å². The fraction of sp³-hybridized carbons (Fsp3) is 0.167. The van der Waals surface area contributed by atoms with Crippen molar-refractivity contribution in [3.05, 3.63) is 89.0 Å². The Morgan fingerprint density at radius 3 is 2.66 bits per heavy atom. The Labute approximate surface area is 175 Å². The lowest BCUT2D eigenvalue weighted by Crippen LogP contribution is -2.41. The molecule has 2 aromatic carbocycles. The van der Waals surface area contributed by atoms with E-state index in [0.29, 0.717) is 11.3 Å². The molecule has 5 heteroatoms. The largest absolute Gasteiger partial charge is 0.385 e. The van der Waals surface area contributed by atoms with Gasteiger partial charge in [0.25, 0.3) is 0 Å². The van der Waals surface area contributed by atoms with E-state index in [-0.39, 0.29) is 10.9 Å². The van der Waals surface area contributed by atoms with Crippen LogP contribution in [-0.4, -0.2) is 16.6 Å². The molecule has 0 fully saturated rings. The van der Waals surface area contributed by atoms with Crippen LogP contribution >= 0.6 is 11.6 Å². The third-order valence-corrected chi connectivity index (χ3v) is 5.00. The highest BCUT2D eigenvalue weighted by Gasteiger charge is 2.38. The van der Waals surface area contributed by atoms with Crippen molar-refractivity contribution < 1.29 is 9.90 Å². The van der Waals surface area contributed by atoms with Crippen molar-refractivity contribution in [3.63, 3.8) is 0 Å². The highest BCUT2D eigenvalue weighted by molar-refractivity contribution is 6.32. The van der Waals surface area contributed by atoms with Gasteiger partial charge in [-0.25, -0.2) is 0 Å². The predicted octanol–water partition coefficient (Wildman–Crippen LogP) is 4.31. The highest BCUT2D eigenvalue weighted by Crippen LogP contribution is 2.32. The molecular weight excluding hydrogens is 384 g/mol. The van der Waals surface area contributed by atoms with Crippen LogP contribution in [0.25, 0.3) is 0 Å². The minimum atomic E-state index is -1.22. The fourth-order valence-corrected chi connectivity index (χ4v) is 3.32. The summed E-state index contributed by atoms with van der Waals surface area (Å²) in [5.41, 5.74) is 0.347. The van der Waals surface area contributed by atoms with Gasteiger partial charge >= 0.3 is 0 Å². The van der Waals surface area contributed by atoms with Crippen LogP contribution in [0.5, 0.6) is 0 Å². The molecule has 1 amide bonds. The Balaban J connectivity index is 1.92. The van der Waals surface area contributed by atoms with E-state index in [2.05, 4.69) is 17.2 Å². The van der Waals surface area contributed by atoms with E-state index in [9.17, 15) is 9.90 Å². The van der Waals surface area contributed by atoms with Crippen molar-refractivity contribution in [1.82, 2.24) is 0 Å². The van der Waals surface area contributed by atoms with Crippen LogP contribution in [0, 0.1) is 35.0 Å². The van der Waals surface area contributed by atoms with Gasteiger partial charge in [-0.15, -0.1) is 0 Å². The summed E-state index contributed by atoms with van der Waals surface area (Å²) in [6.45, 7) is 1.65. The van der Waals surface area contributed by atoms with Crippen LogP contribution in [0.3, 0.4) is 0 Å². The summed E-state index contributed by atoms with van der Waals surface area (Å²) in [6.07, 6.45) is 6.98. The molecule has 0 saturated heterocycles. The Morgan fingerprint density at radius 2 is 2.00 bits per heavy atom. The third kappa shape index (κ3) is 4.95. The van der Waals surface area contributed by atoms with Gasteiger partial charge in [-0.3, -0.25) is 4.79 Å². The summed E-state index contributed by atoms with van der Waals surface area (Å²) < 4.78 is 0. The number of halogens is 1. The number of nitrogens with one attached hydrogen (secondary N) is 1. The second-order valence-corrected chi connectivity index (χ2v) is 7.31. The van der Waals surface area contributed by atoms with E-state index in [1.54, 1.807) is 43.4 Å². The second-order valence-electron chi connectivity index (χ2n) is 6.90. The van der Waals surface area contributed by atoms with Gasteiger partial charge in [-0.2, -0.15) is 5.26 Å². The molecule has 3 rings (SSSR count). The average molecular weight is 403 g/mol. The molecule has 2 N–H and O–H groups in total. The van der Waals surface area contributed by atoms with Gasteiger partial charge in [0.05, 0.1) is 16.2 Å². The molecule has 1 aliphatic rings. The second kappa shape index (κ2) is 8.80. The maximum Gasteiger partial charge on any atom is 0.240 e. The number of amides is 1. The molecule has 0 saturated carbocycles. The van der Waals surface area contributed by atoms with E-state index in [0.717, 1.165) is 5.56 Å². The molecule has 3 atom stereocenters. The van der Waals surface area contributed by atoms with Crippen molar-refractivity contribution in [2.24, 2.45) is 11.8 Å². The maximum atomic E-state index is 13.1. The van der Waals surface area contributed by atoms with Crippen molar-refractivity contribution in [2.75, 3.05) is 5.32 Å². The molecule has 3 unspecified atom stereocenters. The smallest absolute Gasteiger partial charge is 0.240 e. The van der Waals surface area contributed by atoms with Gasteiger partial charge in [-0.1, -0.05) is 65.9 Å².